The highest BCUT2D eigenvalue weighted by molar-refractivity contribution is 7.80. The minimum atomic E-state index is -0.209. The molecule has 2 aromatic rings. The fourth-order valence-electron chi connectivity index (χ4n) is 1.90. The Morgan fingerprint density at radius 2 is 1.65 bits per heavy atom. The number of amides is 1. The van der Waals surface area contributed by atoms with Gasteiger partial charge >= 0.3 is 0 Å². The largest absolute Gasteiger partial charge is 0.389 e. The van der Waals surface area contributed by atoms with Crippen LogP contribution < -0.4 is 10.6 Å². The van der Waals surface area contributed by atoms with E-state index in [9.17, 15) is 4.79 Å². The average Bonchev–Trinajstić information content (AvgIpc) is 2.46. The zero-order valence-corrected chi connectivity index (χ0v) is 12.4. The quantitative estimate of drug-likeness (QED) is 0.885. The highest BCUT2D eigenvalue weighted by atomic mass is 35.5. The summed E-state index contributed by atoms with van der Waals surface area (Å²) in [5.41, 5.74) is 7.44. The van der Waals surface area contributed by atoms with Crippen LogP contribution in [-0.4, -0.2) is 17.9 Å². The topological polar surface area (TPSA) is 46.3 Å². The zero-order valence-electron chi connectivity index (χ0n) is 10.8. The van der Waals surface area contributed by atoms with Gasteiger partial charge in [-0.1, -0.05) is 48.1 Å². The van der Waals surface area contributed by atoms with E-state index in [1.54, 1.807) is 43.4 Å². The molecule has 2 N–H and O–H groups in total. The number of anilines is 1. The second-order valence-corrected chi connectivity index (χ2v) is 5.07. The number of hydrogen-bond acceptors (Lipinski definition) is 2. The summed E-state index contributed by atoms with van der Waals surface area (Å²) in [6.45, 7) is 0. The van der Waals surface area contributed by atoms with Crippen molar-refractivity contribution in [1.29, 1.82) is 0 Å². The number of nitrogens with two attached hydrogens (primary N) is 1. The zero-order chi connectivity index (χ0) is 14.7. The van der Waals surface area contributed by atoms with Gasteiger partial charge in [0.15, 0.2) is 0 Å². The van der Waals surface area contributed by atoms with Crippen molar-refractivity contribution in [3.8, 4) is 0 Å². The van der Waals surface area contributed by atoms with Crippen LogP contribution in [0.2, 0.25) is 5.02 Å². The van der Waals surface area contributed by atoms with Crippen LogP contribution in [0, 0.1) is 0 Å². The number of carbonyl (C=O) groups is 1. The summed E-state index contributed by atoms with van der Waals surface area (Å²) < 4.78 is 0. The van der Waals surface area contributed by atoms with Gasteiger partial charge in [0.1, 0.15) is 4.99 Å². The average molecular weight is 305 g/mol. The number of halogens is 1. The summed E-state index contributed by atoms with van der Waals surface area (Å²) in [5, 5.41) is 0.414. The standard InChI is InChI=1S/C15H13ClN2OS/c1-18(13-9-5-3-7-11(13)14(17)20)15(19)10-6-2-4-8-12(10)16/h2-9H,1H3,(H2,17,20). The summed E-state index contributed by atoms with van der Waals surface area (Å²) in [5.74, 6) is -0.209. The lowest BCUT2D eigenvalue weighted by atomic mass is 10.1. The summed E-state index contributed by atoms with van der Waals surface area (Å²) in [6.07, 6.45) is 0. The number of hydrogen-bond donors (Lipinski definition) is 1. The minimum absolute atomic E-state index is 0.209. The van der Waals surface area contributed by atoms with Crippen LogP contribution in [0.1, 0.15) is 15.9 Å². The van der Waals surface area contributed by atoms with Crippen LogP contribution in [0.15, 0.2) is 48.5 Å². The molecule has 0 atom stereocenters. The minimum Gasteiger partial charge on any atom is -0.389 e. The third kappa shape index (κ3) is 2.81. The molecule has 0 aromatic heterocycles. The smallest absolute Gasteiger partial charge is 0.259 e. The molecular weight excluding hydrogens is 292 g/mol. The molecule has 0 unspecified atom stereocenters. The maximum atomic E-state index is 12.5. The Morgan fingerprint density at radius 3 is 2.25 bits per heavy atom. The van der Waals surface area contributed by atoms with Crippen LogP contribution in [0.25, 0.3) is 0 Å². The lowest BCUT2D eigenvalue weighted by Crippen LogP contribution is -2.28. The molecule has 0 spiro atoms. The first kappa shape index (κ1) is 14.5. The van der Waals surface area contributed by atoms with Crippen LogP contribution >= 0.6 is 23.8 Å². The SMILES string of the molecule is CN(C(=O)c1ccccc1Cl)c1ccccc1C(N)=S. The third-order valence-electron chi connectivity index (χ3n) is 2.94. The molecule has 2 aromatic carbocycles. The van der Waals surface area contributed by atoms with Crippen molar-refractivity contribution in [1.82, 2.24) is 0 Å². The van der Waals surface area contributed by atoms with E-state index in [4.69, 9.17) is 29.6 Å². The molecule has 0 aliphatic rings. The van der Waals surface area contributed by atoms with Crippen molar-refractivity contribution in [2.45, 2.75) is 0 Å². The van der Waals surface area contributed by atoms with E-state index in [2.05, 4.69) is 0 Å². The van der Waals surface area contributed by atoms with E-state index < -0.39 is 0 Å². The highest BCUT2D eigenvalue weighted by Crippen LogP contribution is 2.23. The molecule has 5 heteroatoms. The van der Waals surface area contributed by atoms with Crippen molar-refractivity contribution in [2.24, 2.45) is 5.73 Å². The fourth-order valence-corrected chi connectivity index (χ4v) is 2.29. The molecule has 3 nitrogen and oxygen atoms in total. The summed E-state index contributed by atoms with van der Waals surface area (Å²) >= 11 is 11.1. The van der Waals surface area contributed by atoms with E-state index in [0.717, 1.165) is 0 Å². The molecule has 0 saturated heterocycles. The van der Waals surface area contributed by atoms with E-state index in [1.807, 2.05) is 12.1 Å². The van der Waals surface area contributed by atoms with Gasteiger partial charge in [-0.25, -0.2) is 0 Å². The van der Waals surface area contributed by atoms with Gasteiger partial charge in [-0.15, -0.1) is 0 Å². The number of thiocarbonyl (C=S) groups is 1. The normalized spacial score (nSPS) is 10.1. The molecule has 2 rings (SSSR count). The third-order valence-corrected chi connectivity index (χ3v) is 3.49. The Hall–Kier alpha value is -1.91. The summed E-state index contributed by atoms with van der Waals surface area (Å²) in [7, 11) is 1.67. The van der Waals surface area contributed by atoms with Crippen LogP contribution in [0.4, 0.5) is 5.69 Å². The van der Waals surface area contributed by atoms with E-state index in [0.29, 0.717) is 21.8 Å². The molecule has 0 bridgehead atoms. The highest BCUT2D eigenvalue weighted by Gasteiger charge is 2.18. The van der Waals surface area contributed by atoms with Gasteiger partial charge in [-0.3, -0.25) is 4.79 Å². The molecule has 0 aliphatic carbocycles. The Kier molecular flexibility index (Phi) is 4.37. The monoisotopic (exact) mass is 304 g/mol. The fraction of sp³-hybridized carbons (Fsp3) is 0.0667. The predicted molar refractivity (Wildman–Crippen MR) is 86.5 cm³/mol. The van der Waals surface area contributed by atoms with Crippen molar-refractivity contribution in [3.05, 3.63) is 64.7 Å². The first-order valence-electron chi connectivity index (χ1n) is 5.94. The Bertz CT molecular complexity index is 672. The molecule has 0 heterocycles. The lowest BCUT2D eigenvalue weighted by molar-refractivity contribution is 0.0993. The van der Waals surface area contributed by atoms with Gasteiger partial charge in [-0.05, 0) is 24.3 Å². The van der Waals surface area contributed by atoms with Crippen LogP contribution in [0.5, 0.6) is 0 Å². The predicted octanol–water partition coefficient (Wildman–Crippen LogP) is 3.25. The Labute approximate surface area is 128 Å². The van der Waals surface area contributed by atoms with E-state index >= 15 is 0 Å². The molecular formula is C15H13ClN2OS. The summed E-state index contributed by atoms with van der Waals surface area (Å²) in [6, 6.07) is 14.2. The Balaban J connectivity index is 2.42. The van der Waals surface area contributed by atoms with Gasteiger partial charge in [0.05, 0.1) is 16.3 Å². The maximum absolute atomic E-state index is 12.5. The first-order chi connectivity index (χ1) is 9.52. The Morgan fingerprint density at radius 1 is 1.10 bits per heavy atom. The molecule has 0 fully saturated rings. The van der Waals surface area contributed by atoms with E-state index in [-0.39, 0.29) is 10.9 Å². The molecule has 0 radical (unpaired) electrons. The number of nitrogens with zero attached hydrogens (tertiary/aromatic N) is 1. The van der Waals surface area contributed by atoms with Crippen molar-refractivity contribution in [2.75, 3.05) is 11.9 Å². The van der Waals surface area contributed by atoms with Crippen molar-refractivity contribution >= 4 is 40.4 Å². The number of para-hydroxylation sites is 1. The number of benzene rings is 2. The van der Waals surface area contributed by atoms with Crippen LogP contribution in [-0.2, 0) is 0 Å². The van der Waals surface area contributed by atoms with Crippen molar-refractivity contribution in [3.63, 3.8) is 0 Å². The maximum Gasteiger partial charge on any atom is 0.259 e. The van der Waals surface area contributed by atoms with Gasteiger partial charge in [0, 0.05) is 12.6 Å². The van der Waals surface area contributed by atoms with Crippen LogP contribution in [0.3, 0.4) is 0 Å². The van der Waals surface area contributed by atoms with E-state index in [1.165, 1.54) is 4.90 Å². The van der Waals surface area contributed by atoms with Gasteiger partial charge in [-0.2, -0.15) is 0 Å². The molecule has 102 valence electrons. The van der Waals surface area contributed by atoms with Gasteiger partial charge in [0.2, 0.25) is 0 Å². The second kappa shape index (κ2) is 6.03. The number of carbonyl (C=O) groups excluding carboxylic acids is 1. The number of rotatable bonds is 3. The molecule has 1 amide bonds. The molecule has 0 aliphatic heterocycles. The van der Waals surface area contributed by atoms with Gasteiger partial charge < -0.3 is 10.6 Å². The first-order valence-corrected chi connectivity index (χ1v) is 6.72. The summed E-state index contributed by atoms with van der Waals surface area (Å²) in [4.78, 5) is 14.2. The molecule has 20 heavy (non-hydrogen) atoms. The lowest BCUT2D eigenvalue weighted by Gasteiger charge is -2.20. The van der Waals surface area contributed by atoms with Gasteiger partial charge in [0.25, 0.3) is 5.91 Å². The van der Waals surface area contributed by atoms with Crippen molar-refractivity contribution < 1.29 is 4.79 Å². The second-order valence-electron chi connectivity index (χ2n) is 4.23. The molecule has 0 saturated carbocycles.